The second-order valence-corrected chi connectivity index (χ2v) is 8.90. The summed E-state index contributed by atoms with van der Waals surface area (Å²) in [5.74, 6) is -0.365. The van der Waals surface area contributed by atoms with E-state index in [0.29, 0.717) is 11.5 Å². The largest absolute Gasteiger partial charge is 0.506 e. The maximum Gasteiger partial charge on any atom is 0.339 e. The van der Waals surface area contributed by atoms with E-state index in [2.05, 4.69) is 39.8 Å². The van der Waals surface area contributed by atoms with Gasteiger partial charge in [0.15, 0.2) is 0 Å². The van der Waals surface area contributed by atoms with Crippen LogP contribution in [-0.2, 0) is 12.8 Å². The van der Waals surface area contributed by atoms with Crippen molar-refractivity contribution in [1.82, 2.24) is 0 Å². The molecule has 0 heterocycles. The highest BCUT2D eigenvalue weighted by atomic mass is 16.4. The van der Waals surface area contributed by atoms with Crippen LogP contribution in [-0.4, -0.2) is 16.2 Å². The zero-order valence-electron chi connectivity index (χ0n) is 17.5. The van der Waals surface area contributed by atoms with Gasteiger partial charge in [0.1, 0.15) is 11.3 Å². The molecule has 2 rings (SSSR count). The molecule has 2 N–H and O–H groups in total. The molecule has 1 aromatic carbocycles. The number of unbranched alkanes of at least 4 members (excludes halogenated alkanes) is 3. The molecule has 0 saturated carbocycles. The molecule has 0 fully saturated rings. The summed E-state index contributed by atoms with van der Waals surface area (Å²) in [5.41, 5.74) is 2.76. The summed E-state index contributed by atoms with van der Waals surface area (Å²) < 4.78 is 0. The molecular weight excluding hydrogens is 336 g/mol. The Morgan fingerprint density at radius 1 is 1.22 bits per heavy atom. The highest BCUT2D eigenvalue weighted by Gasteiger charge is 2.29. The van der Waals surface area contributed by atoms with E-state index in [9.17, 15) is 15.0 Å². The van der Waals surface area contributed by atoms with Crippen molar-refractivity contribution in [3.63, 3.8) is 0 Å². The fourth-order valence-corrected chi connectivity index (χ4v) is 4.17. The predicted molar refractivity (Wildman–Crippen MR) is 112 cm³/mol. The number of phenols is 1. The van der Waals surface area contributed by atoms with Crippen molar-refractivity contribution in [2.75, 3.05) is 0 Å². The van der Waals surface area contributed by atoms with Crippen LogP contribution in [0.5, 0.6) is 5.75 Å². The summed E-state index contributed by atoms with van der Waals surface area (Å²) in [7, 11) is 0. The van der Waals surface area contributed by atoms with Crippen LogP contribution in [0.1, 0.15) is 99.7 Å². The Hall–Kier alpha value is -1.77. The van der Waals surface area contributed by atoms with Crippen molar-refractivity contribution in [3.8, 4) is 5.75 Å². The van der Waals surface area contributed by atoms with Crippen LogP contribution in [0.3, 0.4) is 0 Å². The molecule has 1 aliphatic carbocycles. The fraction of sp³-hybridized carbons (Fsp3) is 0.625. The van der Waals surface area contributed by atoms with Gasteiger partial charge < -0.3 is 10.2 Å². The van der Waals surface area contributed by atoms with E-state index in [1.165, 1.54) is 12.8 Å². The third kappa shape index (κ3) is 5.60. The normalized spacial score (nSPS) is 18.7. The molecule has 3 heteroatoms. The topological polar surface area (TPSA) is 57.5 Å². The zero-order valence-corrected chi connectivity index (χ0v) is 17.5. The monoisotopic (exact) mass is 372 g/mol. The van der Waals surface area contributed by atoms with E-state index in [4.69, 9.17) is 0 Å². The van der Waals surface area contributed by atoms with Crippen LogP contribution in [0, 0.1) is 11.3 Å². The first kappa shape index (κ1) is 21.5. The van der Waals surface area contributed by atoms with Crippen molar-refractivity contribution in [1.29, 1.82) is 0 Å². The molecule has 27 heavy (non-hydrogen) atoms. The van der Waals surface area contributed by atoms with Crippen molar-refractivity contribution in [2.24, 2.45) is 11.3 Å². The van der Waals surface area contributed by atoms with Gasteiger partial charge in [0.25, 0.3) is 0 Å². The van der Waals surface area contributed by atoms with Crippen LogP contribution < -0.4 is 0 Å². The fourth-order valence-electron chi connectivity index (χ4n) is 4.17. The summed E-state index contributed by atoms with van der Waals surface area (Å²) in [4.78, 5) is 11.8. The third-order valence-electron chi connectivity index (χ3n) is 5.80. The van der Waals surface area contributed by atoms with Crippen molar-refractivity contribution in [2.45, 2.75) is 85.5 Å². The number of carboxylic acids is 1. The lowest BCUT2D eigenvalue weighted by Crippen LogP contribution is -2.21. The van der Waals surface area contributed by atoms with Gasteiger partial charge in [-0.3, -0.25) is 0 Å². The van der Waals surface area contributed by atoms with Gasteiger partial charge in [-0.25, -0.2) is 4.79 Å². The number of carboxylic acid groups (broad SMARTS) is 1. The molecule has 0 spiro atoms. The molecule has 1 atom stereocenters. The summed E-state index contributed by atoms with van der Waals surface area (Å²) >= 11 is 0. The number of aromatic hydroxyl groups is 1. The second-order valence-electron chi connectivity index (χ2n) is 8.90. The number of carbonyl (C=O) groups is 1. The van der Waals surface area contributed by atoms with Gasteiger partial charge in [-0.15, -0.1) is 0 Å². The van der Waals surface area contributed by atoms with E-state index in [-0.39, 0.29) is 16.7 Å². The van der Waals surface area contributed by atoms with Gasteiger partial charge in [0, 0.05) is 5.56 Å². The van der Waals surface area contributed by atoms with Crippen LogP contribution in [0.25, 0.3) is 6.08 Å². The van der Waals surface area contributed by atoms with E-state index in [1.807, 2.05) is 6.08 Å². The van der Waals surface area contributed by atoms with E-state index >= 15 is 0 Å². The van der Waals surface area contributed by atoms with Crippen LogP contribution in [0.15, 0.2) is 12.1 Å². The highest BCUT2D eigenvalue weighted by Crippen LogP contribution is 2.42. The summed E-state index contributed by atoms with van der Waals surface area (Å²) in [6, 6.07) is 2.05. The molecule has 1 aromatic rings. The number of allylic oxidation sites excluding steroid dienone is 1. The standard InChI is InChI=1S/C24H36O3/c1-5-6-7-8-11-18-15-19-16-24(4,13-9-10-17(2)3)14-12-20(19)22(25)21(18)23(26)27/h12,14-15,17,25H,5-11,13,16H2,1-4H3,(H,26,27). The first-order valence-corrected chi connectivity index (χ1v) is 10.6. The Morgan fingerprint density at radius 3 is 2.59 bits per heavy atom. The van der Waals surface area contributed by atoms with Gasteiger partial charge in [-0.05, 0) is 48.1 Å². The first-order chi connectivity index (χ1) is 12.8. The zero-order chi connectivity index (χ0) is 20.0. The number of fused-ring (bicyclic) bond motifs is 1. The average Bonchev–Trinajstić information content (AvgIpc) is 2.57. The van der Waals surface area contributed by atoms with Crippen molar-refractivity contribution >= 4 is 12.0 Å². The SMILES string of the molecule is CCCCCCc1cc2c(c(O)c1C(=O)O)C=CC(C)(CCCC(C)C)C2. The molecule has 0 bridgehead atoms. The molecule has 0 aromatic heterocycles. The maximum atomic E-state index is 11.8. The van der Waals surface area contributed by atoms with Crippen LogP contribution in [0.2, 0.25) is 0 Å². The molecule has 0 aliphatic heterocycles. The quantitative estimate of drug-likeness (QED) is 0.454. The van der Waals surface area contributed by atoms with Crippen molar-refractivity contribution < 1.29 is 15.0 Å². The summed E-state index contributed by atoms with van der Waals surface area (Å²) in [6.07, 6.45) is 13.6. The summed E-state index contributed by atoms with van der Waals surface area (Å²) in [5, 5.41) is 20.3. The number of hydrogen-bond donors (Lipinski definition) is 2. The minimum atomic E-state index is -1.03. The Bertz CT molecular complexity index is 687. The van der Waals surface area contributed by atoms with E-state index < -0.39 is 5.97 Å². The number of aryl methyl sites for hydroxylation is 1. The molecule has 1 aliphatic rings. The van der Waals surface area contributed by atoms with Crippen LogP contribution in [0.4, 0.5) is 0 Å². The number of hydrogen-bond acceptors (Lipinski definition) is 2. The van der Waals surface area contributed by atoms with Gasteiger partial charge in [-0.2, -0.15) is 0 Å². The van der Waals surface area contributed by atoms with Gasteiger partial charge in [0.2, 0.25) is 0 Å². The average molecular weight is 373 g/mol. The Balaban J connectivity index is 2.26. The Labute approximate surface area is 164 Å². The molecule has 150 valence electrons. The second kappa shape index (κ2) is 9.43. The molecule has 0 amide bonds. The molecular formula is C24H36O3. The Morgan fingerprint density at radius 2 is 1.96 bits per heavy atom. The number of rotatable bonds is 10. The number of aromatic carboxylic acids is 1. The molecule has 0 radical (unpaired) electrons. The number of benzene rings is 1. The Kier molecular flexibility index (Phi) is 7.52. The van der Waals surface area contributed by atoms with Crippen molar-refractivity contribution in [3.05, 3.63) is 34.4 Å². The highest BCUT2D eigenvalue weighted by molar-refractivity contribution is 5.94. The lowest BCUT2D eigenvalue weighted by atomic mass is 9.73. The lowest BCUT2D eigenvalue weighted by Gasteiger charge is -2.32. The third-order valence-corrected chi connectivity index (χ3v) is 5.80. The van der Waals surface area contributed by atoms with Gasteiger partial charge in [0.05, 0.1) is 0 Å². The molecule has 0 saturated heterocycles. The molecule has 1 unspecified atom stereocenters. The van der Waals surface area contributed by atoms with E-state index in [1.54, 1.807) is 0 Å². The molecule has 3 nitrogen and oxygen atoms in total. The maximum absolute atomic E-state index is 11.8. The minimum Gasteiger partial charge on any atom is -0.506 e. The summed E-state index contributed by atoms with van der Waals surface area (Å²) in [6.45, 7) is 8.95. The lowest BCUT2D eigenvalue weighted by molar-refractivity contribution is 0.0692. The smallest absolute Gasteiger partial charge is 0.339 e. The van der Waals surface area contributed by atoms with Gasteiger partial charge >= 0.3 is 5.97 Å². The first-order valence-electron chi connectivity index (χ1n) is 10.6. The minimum absolute atomic E-state index is 0.0500. The van der Waals surface area contributed by atoms with Crippen LogP contribution >= 0.6 is 0 Å². The predicted octanol–water partition coefficient (Wildman–Crippen LogP) is 6.62. The van der Waals surface area contributed by atoms with Gasteiger partial charge in [-0.1, -0.05) is 78.0 Å². The van der Waals surface area contributed by atoms with E-state index in [0.717, 1.165) is 56.1 Å².